The SMILES string of the molecule is CC(C)c1ccc(CN(C)C(=O)c2ccc(Cn3cncn3)cc2)cc1. The van der Waals surface area contributed by atoms with Gasteiger partial charge in [-0.05, 0) is 34.7 Å². The van der Waals surface area contributed by atoms with Gasteiger partial charge in [0.2, 0.25) is 0 Å². The molecule has 0 saturated heterocycles. The van der Waals surface area contributed by atoms with Crippen LogP contribution < -0.4 is 0 Å². The maximum Gasteiger partial charge on any atom is 0.253 e. The summed E-state index contributed by atoms with van der Waals surface area (Å²) < 4.78 is 1.75. The molecule has 0 unspecified atom stereocenters. The highest BCUT2D eigenvalue weighted by Crippen LogP contribution is 2.16. The third kappa shape index (κ3) is 4.36. The van der Waals surface area contributed by atoms with Crippen molar-refractivity contribution < 1.29 is 4.79 Å². The second-order valence-electron chi connectivity index (χ2n) is 6.85. The zero-order valence-electron chi connectivity index (χ0n) is 15.5. The summed E-state index contributed by atoms with van der Waals surface area (Å²) in [6.07, 6.45) is 3.19. The van der Waals surface area contributed by atoms with Gasteiger partial charge in [0.05, 0.1) is 6.54 Å². The summed E-state index contributed by atoms with van der Waals surface area (Å²) in [4.78, 5) is 18.3. The maximum atomic E-state index is 12.7. The minimum Gasteiger partial charge on any atom is -0.337 e. The number of benzene rings is 2. The van der Waals surface area contributed by atoms with Crippen LogP contribution in [0, 0.1) is 0 Å². The fourth-order valence-corrected chi connectivity index (χ4v) is 2.83. The minimum absolute atomic E-state index is 0.0187. The molecule has 134 valence electrons. The van der Waals surface area contributed by atoms with E-state index in [9.17, 15) is 4.79 Å². The van der Waals surface area contributed by atoms with Gasteiger partial charge >= 0.3 is 0 Å². The van der Waals surface area contributed by atoms with Crippen molar-refractivity contribution in [2.45, 2.75) is 32.9 Å². The summed E-state index contributed by atoms with van der Waals surface area (Å²) in [6, 6.07) is 16.1. The Balaban J connectivity index is 1.62. The monoisotopic (exact) mass is 348 g/mol. The van der Waals surface area contributed by atoms with E-state index in [1.54, 1.807) is 15.9 Å². The molecule has 0 atom stereocenters. The molecule has 5 heteroatoms. The molecule has 3 rings (SSSR count). The Morgan fingerprint density at radius 1 is 1.04 bits per heavy atom. The number of hydrogen-bond acceptors (Lipinski definition) is 3. The van der Waals surface area contributed by atoms with Crippen LogP contribution in [0.3, 0.4) is 0 Å². The van der Waals surface area contributed by atoms with Crippen molar-refractivity contribution in [3.05, 3.63) is 83.4 Å². The number of hydrogen-bond donors (Lipinski definition) is 0. The molecular weight excluding hydrogens is 324 g/mol. The molecule has 0 aliphatic carbocycles. The van der Waals surface area contributed by atoms with Crippen molar-refractivity contribution in [2.75, 3.05) is 7.05 Å². The fraction of sp³-hybridized carbons (Fsp3) is 0.286. The smallest absolute Gasteiger partial charge is 0.253 e. The van der Waals surface area contributed by atoms with Gasteiger partial charge < -0.3 is 4.90 Å². The van der Waals surface area contributed by atoms with E-state index >= 15 is 0 Å². The van der Waals surface area contributed by atoms with Crippen LogP contribution in [0.25, 0.3) is 0 Å². The Hall–Kier alpha value is -2.95. The van der Waals surface area contributed by atoms with Crippen molar-refractivity contribution in [3.63, 3.8) is 0 Å². The lowest BCUT2D eigenvalue weighted by Crippen LogP contribution is -2.26. The number of carbonyl (C=O) groups excluding carboxylic acids is 1. The Morgan fingerprint density at radius 2 is 1.69 bits per heavy atom. The van der Waals surface area contributed by atoms with Gasteiger partial charge in [0.25, 0.3) is 5.91 Å². The van der Waals surface area contributed by atoms with E-state index in [-0.39, 0.29) is 5.91 Å². The molecule has 0 saturated carbocycles. The van der Waals surface area contributed by atoms with Crippen LogP contribution in [0.4, 0.5) is 0 Å². The van der Waals surface area contributed by atoms with Crippen LogP contribution in [0.5, 0.6) is 0 Å². The number of carbonyl (C=O) groups is 1. The molecule has 1 aromatic heterocycles. The van der Waals surface area contributed by atoms with E-state index in [0.29, 0.717) is 24.6 Å². The quantitative estimate of drug-likeness (QED) is 0.682. The van der Waals surface area contributed by atoms with E-state index in [0.717, 1.165) is 11.1 Å². The third-order valence-electron chi connectivity index (χ3n) is 4.42. The molecule has 3 aromatic rings. The van der Waals surface area contributed by atoms with Crippen LogP contribution in [-0.2, 0) is 13.1 Å². The topological polar surface area (TPSA) is 51.0 Å². The van der Waals surface area contributed by atoms with Gasteiger partial charge in [-0.3, -0.25) is 4.79 Å². The van der Waals surface area contributed by atoms with Gasteiger partial charge in [0.1, 0.15) is 12.7 Å². The molecule has 0 spiro atoms. The first-order valence-corrected chi connectivity index (χ1v) is 8.78. The van der Waals surface area contributed by atoms with Crippen molar-refractivity contribution in [1.29, 1.82) is 0 Å². The Labute approximate surface area is 154 Å². The number of nitrogens with zero attached hydrogens (tertiary/aromatic N) is 4. The molecule has 2 aromatic carbocycles. The molecule has 0 bridgehead atoms. The first kappa shape index (κ1) is 17.9. The number of amides is 1. The summed E-state index contributed by atoms with van der Waals surface area (Å²) in [5.74, 6) is 0.532. The molecule has 0 N–H and O–H groups in total. The average Bonchev–Trinajstić information content (AvgIpc) is 3.15. The summed E-state index contributed by atoms with van der Waals surface area (Å²) in [7, 11) is 1.84. The van der Waals surface area contributed by atoms with Crippen LogP contribution in [-0.4, -0.2) is 32.6 Å². The van der Waals surface area contributed by atoms with Gasteiger partial charge in [-0.15, -0.1) is 0 Å². The van der Waals surface area contributed by atoms with E-state index in [1.807, 2.05) is 31.3 Å². The van der Waals surface area contributed by atoms with Gasteiger partial charge in [0, 0.05) is 19.2 Å². The fourth-order valence-electron chi connectivity index (χ4n) is 2.83. The predicted octanol–water partition coefficient (Wildman–Crippen LogP) is 3.72. The minimum atomic E-state index is 0.0187. The van der Waals surface area contributed by atoms with Crippen LogP contribution in [0.15, 0.2) is 61.2 Å². The maximum absolute atomic E-state index is 12.7. The number of rotatable bonds is 6. The molecule has 5 nitrogen and oxygen atoms in total. The summed E-state index contributed by atoms with van der Waals surface area (Å²) in [5, 5.41) is 4.09. The lowest BCUT2D eigenvalue weighted by molar-refractivity contribution is 0.0785. The second-order valence-corrected chi connectivity index (χ2v) is 6.85. The lowest BCUT2D eigenvalue weighted by atomic mass is 10.0. The lowest BCUT2D eigenvalue weighted by Gasteiger charge is -2.18. The Morgan fingerprint density at radius 3 is 2.27 bits per heavy atom. The van der Waals surface area contributed by atoms with Crippen molar-refractivity contribution in [1.82, 2.24) is 19.7 Å². The molecule has 0 aliphatic heterocycles. The van der Waals surface area contributed by atoms with E-state index in [1.165, 1.54) is 11.9 Å². The summed E-state index contributed by atoms with van der Waals surface area (Å²) in [6.45, 7) is 5.60. The summed E-state index contributed by atoms with van der Waals surface area (Å²) >= 11 is 0. The first-order chi connectivity index (χ1) is 12.5. The van der Waals surface area contributed by atoms with Crippen LogP contribution >= 0.6 is 0 Å². The van der Waals surface area contributed by atoms with Crippen LogP contribution in [0.1, 0.15) is 46.8 Å². The molecule has 0 radical (unpaired) electrons. The molecule has 1 amide bonds. The van der Waals surface area contributed by atoms with E-state index < -0.39 is 0 Å². The highest BCUT2D eigenvalue weighted by molar-refractivity contribution is 5.94. The van der Waals surface area contributed by atoms with Crippen LogP contribution in [0.2, 0.25) is 0 Å². The zero-order valence-corrected chi connectivity index (χ0v) is 15.5. The van der Waals surface area contributed by atoms with Gasteiger partial charge in [-0.1, -0.05) is 50.2 Å². The normalized spacial score (nSPS) is 10.9. The summed E-state index contributed by atoms with van der Waals surface area (Å²) in [5.41, 5.74) is 4.21. The van der Waals surface area contributed by atoms with E-state index in [4.69, 9.17) is 0 Å². The van der Waals surface area contributed by atoms with Crippen molar-refractivity contribution >= 4 is 5.91 Å². The molecule has 26 heavy (non-hydrogen) atoms. The molecule has 0 fully saturated rings. The Kier molecular flexibility index (Phi) is 5.46. The van der Waals surface area contributed by atoms with E-state index in [2.05, 4.69) is 48.2 Å². The molecule has 1 heterocycles. The predicted molar refractivity (Wildman–Crippen MR) is 102 cm³/mol. The van der Waals surface area contributed by atoms with Gasteiger partial charge in [0.15, 0.2) is 0 Å². The molecular formula is C21H24N4O. The standard InChI is InChI=1S/C21H24N4O/c1-16(2)19-8-4-17(5-9-19)12-24(3)21(26)20-10-6-18(7-11-20)13-25-15-22-14-23-25/h4-11,14-16H,12-13H2,1-3H3. The second kappa shape index (κ2) is 7.95. The molecule has 0 aliphatic rings. The van der Waals surface area contributed by atoms with Crippen molar-refractivity contribution in [3.8, 4) is 0 Å². The largest absolute Gasteiger partial charge is 0.337 e. The number of aromatic nitrogens is 3. The Bertz CT molecular complexity index is 837. The van der Waals surface area contributed by atoms with Gasteiger partial charge in [-0.2, -0.15) is 5.10 Å². The highest BCUT2D eigenvalue weighted by atomic mass is 16.2. The first-order valence-electron chi connectivity index (χ1n) is 8.78. The highest BCUT2D eigenvalue weighted by Gasteiger charge is 2.12. The zero-order chi connectivity index (χ0) is 18.5. The van der Waals surface area contributed by atoms with Crippen molar-refractivity contribution in [2.24, 2.45) is 0 Å². The average molecular weight is 348 g/mol. The third-order valence-corrected chi connectivity index (χ3v) is 4.42. The van der Waals surface area contributed by atoms with Gasteiger partial charge in [-0.25, -0.2) is 9.67 Å².